The predicted octanol–water partition coefficient (Wildman–Crippen LogP) is 2.13. The summed E-state index contributed by atoms with van der Waals surface area (Å²) in [6.07, 6.45) is 6.14. The second kappa shape index (κ2) is 5.40. The van der Waals surface area contributed by atoms with Crippen LogP contribution in [0.5, 0.6) is 0 Å². The van der Waals surface area contributed by atoms with Crippen molar-refractivity contribution in [2.24, 2.45) is 5.92 Å². The molecule has 0 aromatic rings. The van der Waals surface area contributed by atoms with Gasteiger partial charge in [0.2, 0.25) is 0 Å². The summed E-state index contributed by atoms with van der Waals surface area (Å²) in [6, 6.07) is 0. The molecular formula is C11H20O2. The summed E-state index contributed by atoms with van der Waals surface area (Å²) >= 11 is 0. The molecule has 1 heterocycles. The summed E-state index contributed by atoms with van der Waals surface area (Å²) in [7, 11) is 0. The van der Waals surface area contributed by atoms with Crippen molar-refractivity contribution in [3.63, 3.8) is 0 Å². The van der Waals surface area contributed by atoms with Gasteiger partial charge in [-0.25, -0.2) is 0 Å². The van der Waals surface area contributed by atoms with Gasteiger partial charge in [-0.15, -0.1) is 6.58 Å². The van der Waals surface area contributed by atoms with Crippen molar-refractivity contribution in [1.82, 2.24) is 0 Å². The summed E-state index contributed by atoms with van der Waals surface area (Å²) in [5.74, 6) is 0.300. The number of aliphatic hydroxyl groups excluding tert-OH is 1. The van der Waals surface area contributed by atoms with Gasteiger partial charge in [-0.05, 0) is 6.42 Å². The fourth-order valence-corrected chi connectivity index (χ4v) is 1.71. The zero-order valence-corrected chi connectivity index (χ0v) is 8.41. The number of ether oxygens (including phenoxy) is 1. The first-order valence-electron chi connectivity index (χ1n) is 5.21. The molecule has 1 saturated heterocycles. The zero-order valence-electron chi connectivity index (χ0n) is 8.41. The van der Waals surface area contributed by atoms with Crippen LogP contribution in [0.4, 0.5) is 0 Å². The molecule has 3 atom stereocenters. The van der Waals surface area contributed by atoms with E-state index >= 15 is 0 Å². The molecule has 1 aliphatic heterocycles. The average Bonchev–Trinajstić information content (AvgIpc) is 2.03. The molecule has 0 amide bonds. The van der Waals surface area contributed by atoms with Gasteiger partial charge in [-0.2, -0.15) is 0 Å². The van der Waals surface area contributed by atoms with E-state index in [2.05, 4.69) is 13.5 Å². The smallest absolute Gasteiger partial charge is 0.0828 e. The first kappa shape index (κ1) is 10.7. The van der Waals surface area contributed by atoms with Crippen LogP contribution in [0.15, 0.2) is 12.7 Å². The number of hydrogen-bond donors (Lipinski definition) is 1. The lowest BCUT2D eigenvalue weighted by Crippen LogP contribution is -2.45. The Hall–Kier alpha value is -0.340. The average molecular weight is 184 g/mol. The third-order valence-electron chi connectivity index (χ3n) is 2.73. The quantitative estimate of drug-likeness (QED) is 0.506. The molecule has 2 nitrogen and oxygen atoms in total. The lowest BCUT2D eigenvalue weighted by molar-refractivity contribution is -0.135. The van der Waals surface area contributed by atoms with Gasteiger partial charge in [-0.1, -0.05) is 32.3 Å². The molecular weight excluding hydrogens is 164 g/mol. The van der Waals surface area contributed by atoms with Crippen LogP contribution in [0.25, 0.3) is 0 Å². The van der Waals surface area contributed by atoms with E-state index < -0.39 is 0 Å². The minimum absolute atomic E-state index is 0.0941. The van der Waals surface area contributed by atoms with Crippen molar-refractivity contribution >= 4 is 0 Å². The first-order valence-corrected chi connectivity index (χ1v) is 5.21. The largest absolute Gasteiger partial charge is 0.393 e. The Morgan fingerprint density at radius 3 is 2.85 bits per heavy atom. The highest BCUT2D eigenvalue weighted by Crippen LogP contribution is 2.27. The molecule has 1 aliphatic rings. The Morgan fingerprint density at radius 2 is 2.38 bits per heavy atom. The third-order valence-corrected chi connectivity index (χ3v) is 2.73. The molecule has 1 N–H and O–H groups in total. The van der Waals surface area contributed by atoms with E-state index in [1.807, 2.05) is 0 Å². The molecule has 0 radical (unpaired) electrons. The lowest BCUT2D eigenvalue weighted by Gasteiger charge is -2.38. The minimum Gasteiger partial charge on any atom is -0.393 e. The third kappa shape index (κ3) is 2.82. The van der Waals surface area contributed by atoms with Crippen molar-refractivity contribution in [1.29, 1.82) is 0 Å². The Kier molecular flexibility index (Phi) is 4.46. The first-order chi connectivity index (χ1) is 6.29. The van der Waals surface area contributed by atoms with Crippen LogP contribution in [0, 0.1) is 5.92 Å². The van der Waals surface area contributed by atoms with Crippen LogP contribution >= 0.6 is 0 Å². The molecule has 1 rings (SSSR count). The molecule has 0 aromatic carbocycles. The maximum absolute atomic E-state index is 9.77. The van der Waals surface area contributed by atoms with Crippen LogP contribution < -0.4 is 0 Å². The SMILES string of the molecule is C=C[C@H]1OC[C@@H]1[C@H](O)CCCCC. The monoisotopic (exact) mass is 184 g/mol. The van der Waals surface area contributed by atoms with Crippen LogP contribution in [0.3, 0.4) is 0 Å². The van der Waals surface area contributed by atoms with Gasteiger partial charge in [0, 0.05) is 5.92 Å². The highest BCUT2D eigenvalue weighted by Gasteiger charge is 2.34. The van der Waals surface area contributed by atoms with Gasteiger partial charge in [0.25, 0.3) is 0 Å². The Labute approximate surface area is 80.6 Å². The van der Waals surface area contributed by atoms with Gasteiger partial charge < -0.3 is 9.84 Å². The summed E-state index contributed by atoms with van der Waals surface area (Å²) in [4.78, 5) is 0. The Balaban J connectivity index is 2.15. The second-order valence-electron chi connectivity index (χ2n) is 3.76. The van der Waals surface area contributed by atoms with Crippen molar-refractivity contribution in [3.8, 4) is 0 Å². The van der Waals surface area contributed by atoms with Crippen molar-refractivity contribution in [3.05, 3.63) is 12.7 Å². The summed E-state index contributed by atoms with van der Waals surface area (Å²) in [5.41, 5.74) is 0. The molecule has 0 unspecified atom stereocenters. The molecule has 13 heavy (non-hydrogen) atoms. The molecule has 0 bridgehead atoms. The van der Waals surface area contributed by atoms with Crippen LogP contribution in [-0.4, -0.2) is 23.9 Å². The number of rotatable bonds is 6. The van der Waals surface area contributed by atoms with Crippen molar-refractivity contribution in [2.75, 3.05) is 6.61 Å². The molecule has 76 valence electrons. The number of aliphatic hydroxyl groups is 1. The topological polar surface area (TPSA) is 29.5 Å². The fourth-order valence-electron chi connectivity index (χ4n) is 1.71. The molecule has 0 spiro atoms. The van der Waals surface area contributed by atoms with Crippen molar-refractivity contribution < 1.29 is 9.84 Å². The number of unbranched alkanes of at least 4 members (excludes halogenated alkanes) is 2. The molecule has 1 fully saturated rings. The maximum Gasteiger partial charge on any atom is 0.0828 e. The van der Waals surface area contributed by atoms with E-state index in [9.17, 15) is 5.11 Å². The van der Waals surface area contributed by atoms with Gasteiger partial charge in [-0.3, -0.25) is 0 Å². The highest BCUT2D eigenvalue weighted by molar-refractivity contribution is 4.95. The van der Waals surface area contributed by atoms with Gasteiger partial charge in [0.05, 0.1) is 18.8 Å². The standard InChI is InChI=1S/C11H20O2/c1-3-5-6-7-10(12)9-8-13-11(9)4-2/h4,9-12H,2-3,5-8H2,1H3/t9-,10-,11-/m1/s1. The molecule has 2 heteroatoms. The maximum atomic E-state index is 9.77. The predicted molar refractivity (Wildman–Crippen MR) is 53.6 cm³/mol. The number of hydrogen-bond acceptors (Lipinski definition) is 2. The summed E-state index contributed by atoms with van der Waals surface area (Å²) < 4.78 is 5.24. The summed E-state index contributed by atoms with van der Waals surface area (Å²) in [5, 5.41) is 9.77. The van der Waals surface area contributed by atoms with Crippen LogP contribution in [-0.2, 0) is 4.74 Å². The highest BCUT2D eigenvalue weighted by atomic mass is 16.5. The van der Waals surface area contributed by atoms with E-state index in [0.29, 0.717) is 12.5 Å². The zero-order chi connectivity index (χ0) is 9.68. The molecule has 0 aromatic heterocycles. The van der Waals surface area contributed by atoms with Crippen LogP contribution in [0.2, 0.25) is 0 Å². The minimum atomic E-state index is -0.191. The van der Waals surface area contributed by atoms with Gasteiger partial charge in [0.15, 0.2) is 0 Å². The van der Waals surface area contributed by atoms with E-state index in [0.717, 1.165) is 12.8 Å². The van der Waals surface area contributed by atoms with E-state index in [4.69, 9.17) is 4.74 Å². The Bertz CT molecular complexity index is 156. The summed E-state index contributed by atoms with van der Waals surface area (Å²) in [6.45, 7) is 6.55. The van der Waals surface area contributed by atoms with E-state index in [1.165, 1.54) is 12.8 Å². The van der Waals surface area contributed by atoms with Crippen LogP contribution in [0.1, 0.15) is 32.6 Å². The van der Waals surface area contributed by atoms with E-state index in [-0.39, 0.29) is 12.2 Å². The fraction of sp³-hybridized carbons (Fsp3) is 0.818. The molecule has 0 aliphatic carbocycles. The normalized spacial score (nSPS) is 29.4. The van der Waals surface area contributed by atoms with Gasteiger partial charge in [0.1, 0.15) is 0 Å². The second-order valence-corrected chi connectivity index (χ2v) is 3.76. The Morgan fingerprint density at radius 1 is 1.62 bits per heavy atom. The molecule has 0 saturated carbocycles. The van der Waals surface area contributed by atoms with Gasteiger partial charge >= 0.3 is 0 Å². The van der Waals surface area contributed by atoms with Crippen molar-refractivity contribution in [2.45, 2.75) is 44.8 Å². The lowest BCUT2D eigenvalue weighted by atomic mass is 9.89. The van der Waals surface area contributed by atoms with E-state index in [1.54, 1.807) is 6.08 Å².